The summed E-state index contributed by atoms with van der Waals surface area (Å²) < 4.78 is 5.21. The normalized spacial score (nSPS) is 25.6. The Morgan fingerprint density at radius 3 is 2.87 bits per heavy atom. The lowest BCUT2D eigenvalue weighted by atomic mass is 10.0. The lowest BCUT2D eigenvalue weighted by molar-refractivity contribution is 0.0619. The van der Waals surface area contributed by atoms with E-state index in [4.69, 9.17) is 4.42 Å². The third kappa shape index (κ3) is 2.50. The Balaban J connectivity index is 1.47. The molecule has 6 heteroatoms. The largest absolute Gasteiger partial charge is 0.459 e. The van der Waals surface area contributed by atoms with Crippen molar-refractivity contribution in [3.63, 3.8) is 0 Å². The molecular formula is C17H17N3O3. The highest BCUT2D eigenvalue weighted by Crippen LogP contribution is 2.38. The van der Waals surface area contributed by atoms with E-state index in [9.17, 15) is 9.59 Å². The van der Waals surface area contributed by atoms with Crippen molar-refractivity contribution in [3.05, 3.63) is 54.2 Å². The van der Waals surface area contributed by atoms with E-state index in [0.29, 0.717) is 17.2 Å². The van der Waals surface area contributed by atoms with Gasteiger partial charge in [-0.3, -0.25) is 14.6 Å². The van der Waals surface area contributed by atoms with Crippen LogP contribution in [0.5, 0.6) is 0 Å². The van der Waals surface area contributed by atoms with E-state index in [1.807, 2.05) is 4.90 Å². The highest BCUT2D eigenvalue weighted by Gasteiger charge is 2.47. The zero-order valence-electron chi connectivity index (χ0n) is 12.5. The van der Waals surface area contributed by atoms with Gasteiger partial charge in [-0.25, -0.2) is 0 Å². The van der Waals surface area contributed by atoms with Crippen LogP contribution in [0.2, 0.25) is 0 Å². The summed E-state index contributed by atoms with van der Waals surface area (Å²) in [6.07, 6.45) is 6.54. The number of hydrogen-bond acceptors (Lipinski definition) is 4. The predicted molar refractivity (Wildman–Crippen MR) is 81.7 cm³/mol. The Labute approximate surface area is 133 Å². The molecule has 0 spiro atoms. The van der Waals surface area contributed by atoms with Gasteiger partial charge in [-0.2, -0.15) is 0 Å². The summed E-state index contributed by atoms with van der Waals surface area (Å²) in [5, 5.41) is 3.05. The Morgan fingerprint density at radius 2 is 2.17 bits per heavy atom. The molecule has 2 bridgehead atoms. The first-order valence-electron chi connectivity index (χ1n) is 7.78. The molecule has 3 atom stereocenters. The highest BCUT2D eigenvalue weighted by atomic mass is 16.3. The van der Waals surface area contributed by atoms with Crippen LogP contribution < -0.4 is 5.32 Å². The number of nitrogens with one attached hydrogen (secondary N) is 1. The molecule has 118 valence electrons. The maximum Gasteiger partial charge on any atom is 0.289 e. The second kappa shape index (κ2) is 5.53. The van der Waals surface area contributed by atoms with Crippen molar-refractivity contribution in [2.75, 3.05) is 6.54 Å². The molecule has 4 rings (SSSR count). The fraction of sp³-hybridized carbons (Fsp3) is 0.353. The first-order valence-corrected chi connectivity index (χ1v) is 7.78. The first kappa shape index (κ1) is 14.0. The zero-order chi connectivity index (χ0) is 15.8. The van der Waals surface area contributed by atoms with Crippen LogP contribution in [0.1, 0.15) is 33.8 Å². The quantitative estimate of drug-likeness (QED) is 0.936. The Bertz CT molecular complexity index is 714. The molecule has 2 aromatic rings. The van der Waals surface area contributed by atoms with E-state index in [1.165, 1.54) is 6.26 Å². The standard InChI is InChI=1S/C17H17N3O3/c21-16(12-3-1-5-18-9-12)19-13-7-11-8-14(13)20(10-11)17(22)15-4-2-6-23-15/h1-6,9,11,13-14H,7-8,10H2,(H,19,21). The van der Waals surface area contributed by atoms with Crippen molar-refractivity contribution in [2.45, 2.75) is 24.9 Å². The summed E-state index contributed by atoms with van der Waals surface area (Å²) in [5.74, 6) is 0.567. The number of piperidine rings is 1. The molecule has 1 aliphatic carbocycles. The lowest BCUT2D eigenvalue weighted by Gasteiger charge is -2.33. The van der Waals surface area contributed by atoms with Crippen LogP contribution in [0.4, 0.5) is 0 Å². The van der Waals surface area contributed by atoms with Crippen LogP contribution >= 0.6 is 0 Å². The maximum atomic E-state index is 12.5. The summed E-state index contributed by atoms with van der Waals surface area (Å²) >= 11 is 0. The molecule has 3 heterocycles. The Morgan fingerprint density at radius 1 is 1.26 bits per heavy atom. The minimum atomic E-state index is -0.138. The molecule has 1 aliphatic heterocycles. The summed E-state index contributed by atoms with van der Waals surface area (Å²) in [5.41, 5.74) is 0.541. The molecule has 0 radical (unpaired) electrons. The topological polar surface area (TPSA) is 75.4 Å². The van der Waals surface area contributed by atoms with Gasteiger partial charge in [0.25, 0.3) is 11.8 Å². The van der Waals surface area contributed by atoms with Gasteiger partial charge in [0, 0.05) is 25.0 Å². The number of rotatable bonds is 3. The van der Waals surface area contributed by atoms with Crippen LogP contribution in [0.3, 0.4) is 0 Å². The molecule has 2 amide bonds. The van der Waals surface area contributed by atoms with E-state index in [0.717, 1.165) is 19.4 Å². The number of hydrogen-bond donors (Lipinski definition) is 1. The fourth-order valence-corrected chi connectivity index (χ4v) is 3.70. The number of fused-ring (bicyclic) bond motifs is 2. The van der Waals surface area contributed by atoms with E-state index >= 15 is 0 Å². The highest BCUT2D eigenvalue weighted by molar-refractivity contribution is 5.94. The number of amides is 2. The third-order valence-electron chi connectivity index (χ3n) is 4.71. The van der Waals surface area contributed by atoms with E-state index in [-0.39, 0.29) is 23.9 Å². The van der Waals surface area contributed by atoms with Crippen molar-refractivity contribution in [1.82, 2.24) is 15.2 Å². The van der Waals surface area contributed by atoms with Gasteiger partial charge in [0.1, 0.15) is 0 Å². The number of nitrogens with zero attached hydrogens (tertiary/aromatic N) is 2. The first-order chi connectivity index (χ1) is 11.2. The number of carbonyl (C=O) groups excluding carboxylic acids is 2. The SMILES string of the molecule is O=C(NC1CC2CC1N(C(=O)c1ccco1)C2)c1cccnc1. The number of furan rings is 1. The number of likely N-dealkylation sites (tertiary alicyclic amines) is 1. The van der Waals surface area contributed by atoms with Crippen molar-refractivity contribution < 1.29 is 14.0 Å². The third-order valence-corrected chi connectivity index (χ3v) is 4.71. The van der Waals surface area contributed by atoms with Gasteiger partial charge in [0.05, 0.1) is 17.9 Å². The van der Waals surface area contributed by atoms with Gasteiger partial charge in [-0.15, -0.1) is 0 Å². The molecule has 2 fully saturated rings. The van der Waals surface area contributed by atoms with Gasteiger partial charge in [-0.05, 0) is 43.0 Å². The molecule has 2 aliphatic rings. The van der Waals surface area contributed by atoms with Gasteiger partial charge < -0.3 is 14.6 Å². The average Bonchev–Trinajstić information content (AvgIpc) is 3.31. The number of aromatic nitrogens is 1. The Hall–Kier alpha value is -2.63. The summed E-state index contributed by atoms with van der Waals surface area (Å²) in [6.45, 7) is 0.740. The Kier molecular flexibility index (Phi) is 3.37. The number of carbonyl (C=O) groups is 2. The fourth-order valence-electron chi connectivity index (χ4n) is 3.70. The van der Waals surface area contributed by atoms with Crippen LogP contribution in [-0.4, -0.2) is 40.3 Å². The van der Waals surface area contributed by atoms with Gasteiger partial charge >= 0.3 is 0 Å². The molecular weight excluding hydrogens is 294 g/mol. The second-order valence-corrected chi connectivity index (χ2v) is 6.16. The average molecular weight is 311 g/mol. The molecule has 2 aromatic heterocycles. The summed E-state index contributed by atoms with van der Waals surface area (Å²) in [6, 6.07) is 6.89. The molecule has 0 aromatic carbocycles. The molecule has 1 saturated heterocycles. The van der Waals surface area contributed by atoms with Crippen LogP contribution in [0.25, 0.3) is 0 Å². The molecule has 1 N–H and O–H groups in total. The minimum absolute atomic E-state index is 0.0135. The maximum absolute atomic E-state index is 12.5. The lowest BCUT2D eigenvalue weighted by Crippen LogP contribution is -2.51. The second-order valence-electron chi connectivity index (χ2n) is 6.16. The van der Waals surface area contributed by atoms with Crippen LogP contribution in [0.15, 0.2) is 47.3 Å². The van der Waals surface area contributed by atoms with Gasteiger partial charge in [0.15, 0.2) is 5.76 Å². The minimum Gasteiger partial charge on any atom is -0.459 e. The number of pyridine rings is 1. The summed E-state index contributed by atoms with van der Waals surface area (Å²) in [7, 11) is 0. The van der Waals surface area contributed by atoms with Crippen LogP contribution in [-0.2, 0) is 0 Å². The van der Waals surface area contributed by atoms with Crippen LogP contribution in [0, 0.1) is 5.92 Å². The van der Waals surface area contributed by atoms with E-state index in [1.54, 1.807) is 36.7 Å². The monoisotopic (exact) mass is 311 g/mol. The van der Waals surface area contributed by atoms with Gasteiger partial charge in [-0.1, -0.05) is 0 Å². The predicted octanol–water partition coefficient (Wildman–Crippen LogP) is 1.71. The molecule has 3 unspecified atom stereocenters. The van der Waals surface area contributed by atoms with Crippen molar-refractivity contribution in [3.8, 4) is 0 Å². The van der Waals surface area contributed by atoms with Crippen molar-refractivity contribution in [2.24, 2.45) is 5.92 Å². The van der Waals surface area contributed by atoms with E-state index < -0.39 is 0 Å². The van der Waals surface area contributed by atoms with E-state index in [2.05, 4.69) is 10.3 Å². The van der Waals surface area contributed by atoms with Crippen molar-refractivity contribution in [1.29, 1.82) is 0 Å². The zero-order valence-corrected chi connectivity index (χ0v) is 12.5. The smallest absolute Gasteiger partial charge is 0.289 e. The van der Waals surface area contributed by atoms with Crippen molar-refractivity contribution >= 4 is 11.8 Å². The summed E-state index contributed by atoms with van der Waals surface area (Å²) in [4.78, 5) is 30.6. The molecule has 6 nitrogen and oxygen atoms in total. The molecule has 23 heavy (non-hydrogen) atoms. The van der Waals surface area contributed by atoms with Gasteiger partial charge in [0.2, 0.25) is 0 Å². The molecule has 1 saturated carbocycles.